The molecule has 0 aromatic carbocycles. The first-order valence-corrected chi connectivity index (χ1v) is 9.79. The average Bonchev–Trinajstić information content (AvgIpc) is 2.83. The molecule has 0 saturated heterocycles. The van der Waals surface area contributed by atoms with E-state index in [9.17, 15) is 9.59 Å². The van der Waals surface area contributed by atoms with Gasteiger partial charge in [-0.2, -0.15) is 0 Å². The quantitative estimate of drug-likeness (QED) is 0.589. The van der Waals surface area contributed by atoms with Crippen LogP contribution in [-0.2, 0) is 9.59 Å². The van der Waals surface area contributed by atoms with Crippen LogP contribution >= 0.6 is 0 Å². The van der Waals surface area contributed by atoms with E-state index in [1.165, 1.54) is 5.57 Å². The van der Waals surface area contributed by atoms with Gasteiger partial charge in [0, 0.05) is 11.8 Å². The molecule has 140 valence electrons. The fourth-order valence-corrected chi connectivity index (χ4v) is 6.52. The number of hydrogen-bond acceptors (Lipinski definition) is 2. The Kier molecular flexibility index (Phi) is 5.98. The van der Waals surface area contributed by atoms with Crippen molar-refractivity contribution >= 4 is 11.8 Å². The number of allylic oxidation sites excluding steroid dienone is 7. The van der Waals surface area contributed by atoms with Gasteiger partial charge in [0.2, 0.25) is 0 Å². The summed E-state index contributed by atoms with van der Waals surface area (Å²) in [6, 6.07) is 0. The fraction of sp³-hybridized carbons (Fsp3) is 0.565. The van der Waals surface area contributed by atoms with Gasteiger partial charge in [0.05, 0.1) is 0 Å². The number of carboxylic acids is 1. The molecule has 0 aliphatic heterocycles. The molecular formula is C23H29KO3. The van der Waals surface area contributed by atoms with Crippen molar-refractivity contribution in [2.24, 2.45) is 34.5 Å². The molecule has 0 radical (unpaired) electrons. The maximum absolute atomic E-state index is 11.8. The molecule has 0 amide bonds. The van der Waals surface area contributed by atoms with E-state index in [-0.39, 0.29) is 75.8 Å². The number of carbonyl (C=O) groups excluding carboxylic acids is 1. The van der Waals surface area contributed by atoms with Crippen LogP contribution in [-0.4, -0.2) is 16.9 Å². The summed E-state index contributed by atoms with van der Waals surface area (Å²) in [5.74, 6) is 1.19. The minimum Gasteiger partial charge on any atom is -1.00 e. The normalized spacial score (nSPS) is 41.9. The van der Waals surface area contributed by atoms with Crippen LogP contribution in [0.4, 0.5) is 0 Å². The molecule has 4 rings (SSSR count). The van der Waals surface area contributed by atoms with Gasteiger partial charge >= 0.3 is 57.4 Å². The Labute approximate surface area is 206 Å². The number of ketones is 1. The van der Waals surface area contributed by atoms with Gasteiger partial charge in [0.15, 0.2) is 5.78 Å². The number of carbonyl (C=O) groups is 2. The predicted molar refractivity (Wildman–Crippen MR) is 103 cm³/mol. The Morgan fingerprint density at radius 1 is 1.33 bits per heavy atom. The maximum atomic E-state index is 11.8. The molecule has 0 bridgehead atoms. The first-order valence-electron chi connectivity index (χ1n) is 9.79. The molecule has 0 aromatic heterocycles. The van der Waals surface area contributed by atoms with Gasteiger partial charge < -0.3 is 6.53 Å². The summed E-state index contributed by atoms with van der Waals surface area (Å²) < 4.78 is 0. The van der Waals surface area contributed by atoms with Crippen molar-refractivity contribution in [3.8, 4) is 0 Å². The summed E-state index contributed by atoms with van der Waals surface area (Å²) in [7, 11) is 0. The third-order valence-corrected chi connectivity index (χ3v) is 7.97. The van der Waals surface area contributed by atoms with Crippen LogP contribution in [0.2, 0.25) is 0 Å². The van der Waals surface area contributed by atoms with Gasteiger partial charge in [0.25, 0.3) is 0 Å². The summed E-state index contributed by atoms with van der Waals surface area (Å²) >= 11 is 0. The molecular weight excluding hydrogens is 363 g/mol. The van der Waals surface area contributed by atoms with E-state index in [0.29, 0.717) is 30.1 Å². The van der Waals surface area contributed by atoms with Crippen molar-refractivity contribution in [1.82, 2.24) is 0 Å². The fourth-order valence-electron chi connectivity index (χ4n) is 6.52. The van der Waals surface area contributed by atoms with E-state index in [0.717, 1.165) is 24.8 Å². The van der Waals surface area contributed by atoms with Crippen LogP contribution in [0.15, 0.2) is 48.1 Å². The van der Waals surface area contributed by atoms with Crippen LogP contribution in [0.25, 0.3) is 0 Å². The largest absolute Gasteiger partial charge is 1.00 e. The first kappa shape index (κ1) is 21.4. The second-order valence-electron chi connectivity index (χ2n) is 9.16. The Morgan fingerprint density at radius 3 is 2.78 bits per heavy atom. The van der Waals surface area contributed by atoms with E-state index in [1.807, 2.05) is 0 Å². The molecule has 0 heterocycles. The first-order chi connectivity index (χ1) is 12.3. The van der Waals surface area contributed by atoms with Crippen LogP contribution < -0.4 is 51.4 Å². The van der Waals surface area contributed by atoms with E-state index in [1.54, 1.807) is 12.2 Å². The van der Waals surface area contributed by atoms with Crippen molar-refractivity contribution < 1.29 is 67.5 Å². The van der Waals surface area contributed by atoms with E-state index in [2.05, 4.69) is 38.7 Å². The zero-order valence-corrected chi connectivity index (χ0v) is 19.8. The number of fused-ring (bicyclic) bond motifs is 5. The molecule has 4 aliphatic carbocycles. The summed E-state index contributed by atoms with van der Waals surface area (Å²) in [5, 5.41) is 9.13. The van der Waals surface area contributed by atoms with E-state index >= 15 is 0 Å². The number of hydrogen-bond donors (Lipinski definition) is 1. The van der Waals surface area contributed by atoms with Gasteiger partial charge in [0.1, 0.15) is 0 Å². The zero-order valence-electron chi connectivity index (χ0n) is 17.7. The molecule has 0 unspecified atom stereocenters. The smallest absolute Gasteiger partial charge is 1.00 e. The second-order valence-corrected chi connectivity index (χ2v) is 9.16. The van der Waals surface area contributed by atoms with Gasteiger partial charge in [-0.1, -0.05) is 44.2 Å². The summed E-state index contributed by atoms with van der Waals surface area (Å²) in [6.07, 6.45) is 14.3. The summed E-state index contributed by atoms with van der Waals surface area (Å²) in [6.45, 7) is 8.98. The van der Waals surface area contributed by atoms with Gasteiger partial charge in [-0.3, -0.25) is 9.59 Å². The zero-order chi connectivity index (χ0) is 18.7. The van der Waals surface area contributed by atoms with Gasteiger partial charge in [-0.15, -0.1) is 0 Å². The van der Waals surface area contributed by atoms with Crippen LogP contribution in [0.5, 0.6) is 0 Å². The van der Waals surface area contributed by atoms with Crippen molar-refractivity contribution in [1.29, 1.82) is 0 Å². The summed E-state index contributed by atoms with van der Waals surface area (Å²) in [5.41, 5.74) is 2.47. The molecule has 4 aliphatic rings. The number of rotatable bonds is 3. The molecule has 27 heavy (non-hydrogen) atoms. The molecule has 2 saturated carbocycles. The molecule has 3 nitrogen and oxygen atoms in total. The standard InChI is InChI=1S/C23H28O3.K.H/c1-14-12-20-17-5-4-15-13-16(24)8-10-22(15,2)19(17)9-11-23(20,3)18(14)6-7-21(25)26;;/h4-5,8,10,13,17-20H,1,6-7,9,11-12H2,2-3H3,(H,25,26);;/q;+1;-1/t17-,18-,19+,20+,22+,23-;;/m1../s1. The number of aliphatic carboxylic acids is 1. The molecule has 0 aromatic rings. The molecule has 0 spiro atoms. The minimum absolute atomic E-state index is 0. The Hall–Kier alpha value is -0.264. The molecule has 1 N–H and O–H groups in total. The Bertz CT molecular complexity index is 783. The van der Waals surface area contributed by atoms with Crippen LogP contribution in [0.3, 0.4) is 0 Å². The minimum atomic E-state index is -0.713. The van der Waals surface area contributed by atoms with E-state index in [4.69, 9.17) is 5.11 Å². The van der Waals surface area contributed by atoms with Crippen molar-refractivity contribution in [2.45, 2.75) is 46.0 Å². The van der Waals surface area contributed by atoms with Gasteiger partial charge in [-0.25, -0.2) is 0 Å². The molecule has 6 atom stereocenters. The Balaban J connectivity index is 0.00000140. The van der Waals surface area contributed by atoms with Crippen molar-refractivity contribution in [3.05, 3.63) is 48.1 Å². The molecule has 4 heteroatoms. The monoisotopic (exact) mass is 392 g/mol. The molecule has 2 fully saturated rings. The Morgan fingerprint density at radius 2 is 2.07 bits per heavy atom. The van der Waals surface area contributed by atoms with Crippen LogP contribution in [0.1, 0.15) is 47.4 Å². The number of carboxylic acid groups (broad SMARTS) is 1. The van der Waals surface area contributed by atoms with Gasteiger partial charge in [-0.05, 0) is 72.5 Å². The third kappa shape index (κ3) is 3.36. The SMILES string of the molecule is C=C1C[C@H]2[C@@H]3C=CC4=CC(=O)C=C[C@]4(C)[C@H]3CC[C@]2(C)[C@@H]1CCC(=O)O.[H-].[K+]. The predicted octanol–water partition coefficient (Wildman–Crippen LogP) is 1.83. The van der Waals surface area contributed by atoms with E-state index < -0.39 is 5.97 Å². The maximum Gasteiger partial charge on any atom is 1.00 e. The van der Waals surface area contributed by atoms with Crippen LogP contribution in [0, 0.1) is 34.5 Å². The van der Waals surface area contributed by atoms with Crippen molar-refractivity contribution in [2.75, 3.05) is 0 Å². The average molecular weight is 393 g/mol. The second kappa shape index (κ2) is 7.53. The topological polar surface area (TPSA) is 54.4 Å². The third-order valence-electron chi connectivity index (χ3n) is 7.97. The summed E-state index contributed by atoms with van der Waals surface area (Å²) in [4.78, 5) is 22.9. The van der Waals surface area contributed by atoms with Crippen molar-refractivity contribution in [3.63, 3.8) is 0 Å².